The largest absolute Gasteiger partial charge is 0.388 e. The minimum absolute atomic E-state index is 0.264. The predicted molar refractivity (Wildman–Crippen MR) is 97.7 cm³/mol. The van der Waals surface area contributed by atoms with Crippen LogP contribution in [0.1, 0.15) is 31.6 Å². The minimum atomic E-state index is -0.979. The third-order valence-corrected chi connectivity index (χ3v) is 4.64. The zero-order chi connectivity index (χ0) is 19.2. The van der Waals surface area contributed by atoms with Gasteiger partial charge < -0.3 is 29.4 Å². The lowest BCUT2D eigenvalue weighted by Crippen LogP contribution is -2.66. The van der Waals surface area contributed by atoms with Gasteiger partial charge in [0.1, 0.15) is 24.4 Å². The highest BCUT2D eigenvalue weighted by molar-refractivity contribution is 5.73. The quantitative estimate of drug-likeness (QED) is 0.555. The molecular weight excluding hydrogens is 350 g/mol. The van der Waals surface area contributed by atoms with Crippen LogP contribution in [0.4, 0.5) is 0 Å². The molecule has 7 nitrogen and oxygen atoms in total. The molecule has 6 atom stereocenters. The molecule has 0 bridgehead atoms. The predicted octanol–water partition coefficient (Wildman–Crippen LogP) is 1.67. The Morgan fingerprint density at radius 2 is 2.15 bits per heavy atom. The fourth-order valence-corrected chi connectivity index (χ4v) is 3.33. The van der Waals surface area contributed by atoms with Gasteiger partial charge in [0.25, 0.3) is 0 Å². The monoisotopic (exact) mass is 377 g/mol. The molecule has 0 spiro atoms. The van der Waals surface area contributed by atoms with E-state index in [0.717, 1.165) is 18.4 Å². The van der Waals surface area contributed by atoms with Crippen molar-refractivity contribution >= 4 is 5.91 Å². The van der Waals surface area contributed by atoms with Crippen LogP contribution in [0, 0.1) is 0 Å². The number of allylic oxidation sites excluding steroid dienone is 1. The second kappa shape index (κ2) is 9.43. The minimum Gasteiger partial charge on any atom is -0.388 e. The number of hydrogen-bond donors (Lipinski definition) is 2. The van der Waals surface area contributed by atoms with E-state index >= 15 is 0 Å². The summed E-state index contributed by atoms with van der Waals surface area (Å²) in [5.41, 5.74) is 0.863. The average molecular weight is 377 g/mol. The Hall–Kier alpha value is -1.77. The van der Waals surface area contributed by atoms with Gasteiger partial charge in [0.15, 0.2) is 12.6 Å². The number of fused-ring (bicyclic) bond motifs is 1. The molecule has 3 rings (SSSR count). The van der Waals surface area contributed by atoms with Crippen LogP contribution < -0.4 is 5.32 Å². The van der Waals surface area contributed by atoms with Gasteiger partial charge in [-0.3, -0.25) is 4.79 Å². The first-order valence-corrected chi connectivity index (χ1v) is 9.25. The number of aliphatic hydroxyl groups excluding tert-OH is 1. The summed E-state index contributed by atoms with van der Waals surface area (Å²) in [6, 6.07) is 8.79. The van der Waals surface area contributed by atoms with E-state index in [1.54, 1.807) is 0 Å². The van der Waals surface area contributed by atoms with Crippen molar-refractivity contribution in [2.24, 2.45) is 0 Å². The molecule has 0 aromatic heterocycles. The zero-order valence-electron chi connectivity index (χ0n) is 15.5. The average Bonchev–Trinajstić information content (AvgIpc) is 2.68. The molecule has 27 heavy (non-hydrogen) atoms. The lowest BCUT2D eigenvalue weighted by atomic mass is 9.95. The van der Waals surface area contributed by atoms with Crippen LogP contribution >= 0.6 is 0 Å². The normalized spacial score (nSPS) is 33.1. The van der Waals surface area contributed by atoms with Crippen molar-refractivity contribution in [2.45, 2.75) is 56.7 Å². The number of carbonyl (C=O) groups is 1. The highest BCUT2D eigenvalue weighted by Crippen LogP contribution is 2.34. The Bertz CT molecular complexity index is 624. The molecule has 2 N–H and O–H groups in total. The Labute approximate surface area is 159 Å². The van der Waals surface area contributed by atoms with E-state index in [1.807, 2.05) is 36.4 Å². The zero-order valence-corrected chi connectivity index (χ0v) is 15.5. The third-order valence-electron chi connectivity index (χ3n) is 4.64. The second-order valence-electron chi connectivity index (χ2n) is 6.74. The molecular formula is C20H27NO6. The summed E-state index contributed by atoms with van der Waals surface area (Å²) < 4.78 is 23.5. The maximum absolute atomic E-state index is 11.6. The first-order valence-electron chi connectivity index (χ1n) is 9.25. The topological polar surface area (TPSA) is 86.2 Å². The van der Waals surface area contributed by atoms with Crippen LogP contribution in [0.5, 0.6) is 0 Å². The van der Waals surface area contributed by atoms with Crippen molar-refractivity contribution in [1.29, 1.82) is 0 Å². The van der Waals surface area contributed by atoms with Gasteiger partial charge in [-0.05, 0) is 12.8 Å². The summed E-state index contributed by atoms with van der Waals surface area (Å²) in [4.78, 5) is 11.6. The van der Waals surface area contributed by atoms with Crippen LogP contribution in [0.3, 0.4) is 0 Å². The smallest absolute Gasteiger partial charge is 0.217 e. The molecule has 1 aromatic rings. The molecule has 1 amide bonds. The van der Waals surface area contributed by atoms with Crippen molar-refractivity contribution in [1.82, 2.24) is 5.32 Å². The number of aliphatic hydroxyl groups is 1. The van der Waals surface area contributed by atoms with Crippen molar-refractivity contribution < 1.29 is 28.8 Å². The fourth-order valence-electron chi connectivity index (χ4n) is 3.33. The number of benzene rings is 1. The lowest BCUT2D eigenvalue weighted by Gasteiger charge is -2.47. The Balaban J connectivity index is 1.69. The second-order valence-corrected chi connectivity index (χ2v) is 6.74. The molecule has 1 aromatic carbocycles. The van der Waals surface area contributed by atoms with E-state index in [9.17, 15) is 9.90 Å². The molecule has 7 heteroatoms. The number of carbonyl (C=O) groups excluding carboxylic acids is 1. The summed E-state index contributed by atoms with van der Waals surface area (Å²) in [6.07, 6.45) is -0.0338. The number of unbranched alkanes of at least 4 members (excludes halogenated alkanes) is 1. The molecule has 0 saturated carbocycles. The number of amides is 1. The van der Waals surface area contributed by atoms with Gasteiger partial charge in [-0.2, -0.15) is 0 Å². The van der Waals surface area contributed by atoms with Crippen LogP contribution in [0.15, 0.2) is 43.0 Å². The van der Waals surface area contributed by atoms with E-state index in [-0.39, 0.29) is 12.5 Å². The van der Waals surface area contributed by atoms with E-state index in [1.165, 1.54) is 6.92 Å². The molecule has 2 aliphatic rings. The summed E-state index contributed by atoms with van der Waals surface area (Å²) >= 11 is 0. The first kappa shape index (κ1) is 20.0. The van der Waals surface area contributed by atoms with Gasteiger partial charge >= 0.3 is 0 Å². The summed E-state index contributed by atoms with van der Waals surface area (Å²) in [5.74, 6) is -0.271. The number of ether oxygens (including phenoxy) is 4. The van der Waals surface area contributed by atoms with Gasteiger partial charge in [0.2, 0.25) is 5.91 Å². The Kier molecular flexibility index (Phi) is 6.98. The summed E-state index contributed by atoms with van der Waals surface area (Å²) in [5, 5.41) is 13.6. The molecule has 0 radical (unpaired) electrons. The van der Waals surface area contributed by atoms with Gasteiger partial charge in [0, 0.05) is 12.5 Å². The fraction of sp³-hybridized carbons (Fsp3) is 0.550. The summed E-state index contributed by atoms with van der Waals surface area (Å²) in [6.45, 7) is 5.77. The van der Waals surface area contributed by atoms with Crippen molar-refractivity contribution in [3.8, 4) is 0 Å². The van der Waals surface area contributed by atoms with Crippen molar-refractivity contribution in [3.05, 3.63) is 48.6 Å². The van der Waals surface area contributed by atoms with E-state index < -0.39 is 36.9 Å². The van der Waals surface area contributed by atoms with E-state index in [4.69, 9.17) is 18.9 Å². The molecule has 2 heterocycles. The first-order chi connectivity index (χ1) is 13.1. The Morgan fingerprint density at radius 3 is 2.85 bits per heavy atom. The van der Waals surface area contributed by atoms with E-state index in [2.05, 4.69) is 11.9 Å². The SMILES string of the molecule is C=CCCCO[C@H]1OC2COC(c3ccccc3)O[C@@H]2C(O)[C@@H]1NC(C)=O. The van der Waals surface area contributed by atoms with Crippen molar-refractivity contribution in [2.75, 3.05) is 13.2 Å². The third kappa shape index (κ3) is 4.94. The molecule has 148 valence electrons. The molecule has 2 saturated heterocycles. The molecule has 2 aliphatic heterocycles. The maximum Gasteiger partial charge on any atom is 0.217 e. The van der Waals surface area contributed by atoms with Crippen LogP contribution in [0.2, 0.25) is 0 Å². The number of hydrogen-bond acceptors (Lipinski definition) is 6. The summed E-state index contributed by atoms with van der Waals surface area (Å²) in [7, 11) is 0. The Morgan fingerprint density at radius 1 is 1.37 bits per heavy atom. The van der Waals surface area contributed by atoms with Crippen LogP contribution in [0.25, 0.3) is 0 Å². The number of nitrogens with one attached hydrogen (secondary N) is 1. The maximum atomic E-state index is 11.6. The molecule has 3 unspecified atom stereocenters. The highest BCUT2D eigenvalue weighted by Gasteiger charge is 2.50. The van der Waals surface area contributed by atoms with Gasteiger partial charge in [0.05, 0.1) is 13.2 Å². The lowest BCUT2D eigenvalue weighted by molar-refractivity contribution is -0.344. The van der Waals surface area contributed by atoms with Gasteiger partial charge in [-0.1, -0.05) is 36.4 Å². The van der Waals surface area contributed by atoms with E-state index in [0.29, 0.717) is 6.61 Å². The standard InChI is InChI=1S/C20H27NO6/c1-3-4-8-11-24-20-16(21-13(2)22)17(23)18-15(26-20)12-25-19(27-18)14-9-6-5-7-10-14/h3,5-7,9-10,15-20,23H,1,4,8,11-12H2,2H3,(H,21,22)/t15?,16-,17?,18-,19?,20-/m0/s1. The van der Waals surface area contributed by atoms with Crippen LogP contribution in [-0.2, 0) is 23.7 Å². The van der Waals surface area contributed by atoms with Crippen LogP contribution in [-0.4, -0.2) is 54.9 Å². The van der Waals surface area contributed by atoms with Gasteiger partial charge in [-0.15, -0.1) is 6.58 Å². The number of rotatable bonds is 7. The molecule has 0 aliphatic carbocycles. The molecule has 2 fully saturated rings. The van der Waals surface area contributed by atoms with Gasteiger partial charge in [-0.25, -0.2) is 0 Å². The highest BCUT2D eigenvalue weighted by atomic mass is 16.7. The van der Waals surface area contributed by atoms with Crippen molar-refractivity contribution in [3.63, 3.8) is 0 Å².